The maximum Gasteiger partial charge on any atom is 5.00 e. The second-order valence-electron chi connectivity index (χ2n) is 10.9. The quantitative estimate of drug-likeness (QED) is 0.364. The zero-order valence-corrected chi connectivity index (χ0v) is 26.7. The molecule has 0 saturated heterocycles. The van der Waals surface area contributed by atoms with Crippen molar-refractivity contribution in [1.29, 1.82) is 0 Å². The third-order valence-electron chi connectivity index (χ3n) is 8.41. The first kappa shape index (κ1) is 34.9. The van der Waals surface area contributed by atoms with Gasteiger partial charge in [-0.25, -0.2) is 0 Å². The molecule has 11 heteroatoms. The Bertz CT molecular complexity index is 1800. The van der Waals surface area contributed by atoms with Gasteiger partial charge in [-0.15, -0.1) is 45.6 Å². The summed E-state index contributed by atoms with van der Waals surface area (Å²) in [5, 5.41) is 30.3. The van der Waals surface area contributed by atoms with Crippen molar-refractivity contribution in [1.82, 2.24) is 9.97 Å². The molecule has 1 radical (unpaired) electrons. The Hall–Kier alpha value is -4.60. The number of hydrogen-bond donors (Lipinski definition) is 2. The van der Waals surface area contributed by atoms with Gasteiger partial charge in [0, 0.05) is 12.8 Å². The minimum Gasteiger partial charge on any atom is -0.675 e. The second-order valence-corrected chi connectivity index (χ2v) is 10.9. The molecule has 233 valence electrons. The zero-order chi connectivity index (χ0) is 32.3. The number of nitrogens with zero attached hydrogens (tertiary/aromatic N) is 5. The smallest absolute Gasteiger partial charge is 0.675 e. The standard InChI is InChI=1S/C34H34N4O4.Fe.NO/c1-7-21-17(3)25-13-26-19(5)23(9-11-33(39)40)31(37-26)16-32-24(10-12-34(41)42)20(6)28(38-32)15-30-22(8-2)18(4)27(36-30)14-29(21)35-25;;1-2/h7-8,13-16,30-31H,1-2,9-12H2,3-6H3,(H,39,40)(H,41,42);;/q-4;+5;-1. The molecular weight excluding hydrogens is 614 g/mol. The largest absolute Gasteiger partial charge is 5.00 e. The monoisotopic (exact) mass is 648 g/mol. The maximum absolute atomic E-state index is 11.5. The molecule has 0 spiro atoms. The van der Waals surface area contributed by atoms with Crippen LogP contribution in [0.2, 0.25) is 0 Å². The Labute approximate surface area is 272 Å². The van der Waals surface area contributed by atoms with Crippen LogP contribution in [0.25, 0.3) is 46.6 Å². The summed E-state index contributed by atoms with van der Waals surface area (Å²) in [7, 11) is 0. The van der Waals surface area contributed by atoms with E-state index < -0.39 is 18.0 Å². The number of aromatic nitrogens is 2. The van der Waals surface area contributed by atoms with Crippen molar-refractivity contribution in [3.05, 3.63) is 118 Å². The summed E-state index contributed by atoms with van der Waals surface area (Å²) in [4.78, 5) is 40.2. The number of carboxylic acid groups (broad SMARTS) is 2. The van der Waals surface area contributed by atoms with E-state index in [-0.39, 0.29) is 36.0 Å². The molecule has 45 heavy (non-hydrogen) atoms. The van der Waals surface area contributed by atoms with Crippen molar-refractivity contribution in [2.24, 2.45) is 0 Å². The molecule has 0 saturated carbocycles. The number of carboxylic acids is 2. The fourth-order valence-electron chi connectivity index (χ4n) is 5.95. The van der Waals surface area contributed by atoms with Crippen molar-refractivity contribution in [2.75, 3.05) is 0 Å². The number of hydrogen-bond acceptors (Lipinski definition) is 3. The SMILES string of the molecule is C=CC1=C(C)C2=Cc3[n-]c(c(C)c3C=C)C=C3[N-]C(C=c4[n-]c(c(C)c4CCC(=O)O)=CC1[N-]2)C(CCC(=O)O)=C3C.[Fe+5].[N-]=O. The van der Waals surface area contributed by atoms with Crippen LogP contribution in [0.5, 0.6) is 0 Å². The van der Waals surface area contributed by atoms with Crippen LogP contribution in [-0.4, -0.2) is 34.2 Å². The number of nitroso groups, excluding NO2 is 1. The van der Waals surface area contributed by atoms with Crippen LogP contribution in [0.15, 0.2) is 52.9 Å². The predicted octanol–water partition coefficient (Wildman–Crippen LogP) is 5.35. The van der Waals surface area contributed by atoms with Crippen molar-refractivity contribution >= 4 is 42.3 Å². The van der Waals surface area contributed by atoms with Gasteiger partial charge in [0.05, 0.1) is 0 Å². The van der Waals surface area contributed by atoms with E-state index in [1.54, 1.807) is 6.08 Å². The number of carbonyl (C=O) groups is 2. The Morgan fingerprint density at radius 3 is 2.00 bits per heavy atom. The number of fused-ring (bicyclic) bond motifs is 8. The van der Waals surface area contributed by atoms with E-state index >= 15 is 0 Å². The molecule has 2 aromatic heterocycles. The zero-order valence-electron chi connectivity index (χ0n) is 25.6. The van der Waals surface area contributed by atoms with Crippen LogP contribution in [0, 0.1) is 18.8 Å². The van der Waals surface area contributed by atoms with Crippen molar-refractivity contribution in [3.8, 4) is 0 Å². The number of allylic oxidation sites excluding steroid dienone is 2. The summed E-state index contributed by atoms with van der Waals surface area (Å²) < 4.78 is 0. The summed E-state index contributed by atoms with van der Waals surface area (Å²) in [5.74, 6) is -1.77. The minimum atomic E-state index is -0.886. The predicted molar refractivity (Wildman–Crippen MR) is 173 cm³/mol. The van der Waals surface area contributed by atoms with E-state index in [0.29, 0.717) is 18.2 Å². The van der Waals surface area contributed by atoms with Crippen molar-refractivity contribution in [3.63, 3.8) is 0 Å². The molecular formula is C34H34FeN5O5. The minimum absolute atomic E-state index is 0. The average Bonchev–Trinajstić information content (AvgIpc) is 3.64. The Kier molecular flexibility index (Phi) is 11.2. The summed E-state index contributed by atoms with van der Waals surface area (Å²) in [5.41, 5.74) is 16.2. The topological polar surface area (TPSA) is 170 Å². The molecule has 10 nitrogen and oxygen atoms in total. The molecule has 2 atom stereocenters. The summed E-state index contributed by atoms with van der Waals surface area (Å²) in [6.07, 6.45) is 12.1. The Morgan fingerprint density at radius 2 is 1.38 bits per heavy atom. The number of rotatable bonds is 8. The molecule has 2 N–H and O–H groups in total. The molecule has 3 aliphatic heterocycles. The van der Waals surface area contributed by atoms with Crippen LogP contribution in [-0.2, 0) is 33.1 Å². The molecule has 8 bridgehead atoms. The van der Waals surface area contributed by atoms with Gasteiger partial charge in [0.1, 0.15) is 0 Å². The van der Waals surface area contributed by atoms with Crippen molar-refractivity contribution < 1.29 is 36.9 Å². The van der Waals surface area contributed by atoms with Gasteiger partial charge in [0.2, 0.25) is 0 Å². The van der Waals surface area contributed by atoms with Gasteiger partial charge >= 0.3 is 29.0 Å². The van der Waals surface area contributed by atoms with E-state index in [0.717, 1.165) is 72.7 Å². The van der Waals surface area contributed by atoms with Gasteiger partial charge in [-0.2, -0.15) is 0 Å². The van der Waals surface area contributed by atoms with Crippen LogP contribution >= 0.6 is 0 Å². The molecule has 5 rings (SSSR count). The summed E-state index contributed by atoms with van der Waals surface area (Å²) in [6.45, 7) is 16.0. The van der Waals surface area contributed by atoms with Gasteiger partial charge in [0.25, 0.3) is 0 Å². The van der Waals surface area contributed by atoms with Crippen LogP contribution in [0.1, 0.15) is 66.8 Å². The maximum atomic E-state index is 11.5. The molecule has 3 aliphatic rings. The van der Waals surface area contributed by atoms with Gasteiger partial charge in [-0.1, -0.05) is 88.5 Å². The van der Waals surface area contributed by atoms with Crippen LogP contribution in [0.4, 0.5) is 0 Å². The Morgan fingerprint density at radius 1 is 0.800 bits per heavy atom. The third-order valence-corrected chi connectivity index (χ3v) is 8.41. The van der Waals surface area contributed by atoms with Crippen LogP contribution < -0.4 is 20.7 Å². The van der Waals surface area contributed by atoms with Crippen molar-refractivity contribution in [2.45, 2.75) is 65.5 Å². The molecule has 2 unspecified atom stereocenters. The first-order chi connectivity index (χ1) is 21.0. The van der Waals surface area contributed by atoms with E-state index in [1.165, 1.54) is 0 Å². The van der Waals surface area contributed by atoms with E-state index in [4.69, 9.17) is 31.1 Å². The third kappa shape index (κ3) is 6.90. The molecule has 0 amide bonds. The Balaban J connectivity index is 0.00000180. The van der Waals surface area contributed by atoms with E-state index in [2.05, 4.69) is 13.2 Å². The van der Waals surface area contributed by atoms with Gasteiger partial charge in [-0.3, -0.25) is 9.59 Å². The number of aliphatic carboxylic acids is 2. The first-order valence-electron chi connectivity index (χ1n) is 14.2. The normalized spacial score (nSPS) is 18.1. The fourth-order valence-corrected chi connectivity index (χ4v) is 5.95. The van der Waals surface area contributed by atoms with Gasteiger partial charge in [-0.05, 0) is 46.1 Å². The molecule has 5 heterocycles. The molecule has 0 aromatic carbocycles. The molecule has 0 fully saturated rings. The van der Waals surface area contributed by atoms with E-state index in [1.807, 2.05) is 58.1 Å². The van der Waals surface area contributed by atoms with Crippen LogP contribution in [0.3, 0.4) is 0 Å². The molecule has 0 aliphatic carbocycles. The second kappa shape index (κ2) is 14.5. The van der Waals surface area contributed by atoms with Gasteiger partial charge < -0.3 is 41.3 Å². The average molecular weight is 649 g/mol. The summed E-state index contributed by atoms with van der Waals surface area (Å²) >= 11 is 0. The fraction of sp³-hybridized carbons (Fsp3) is 0.294. The summed E-state index contributed by atoms with van der Waals surface area (Å²) in [6, 6.07) is -0.745. The van der Waals surface area contributed by atoms with Gasteiger partial charge in [0.15, 0.2) is 0 Å². The molecule has 2 aromatic rings. The first-order valence-corrected chi connectivity index (χ1v) is 14.2. The van der Waals surface area contributed by atoms with E-state index in [9.17, 15) is 19.8 Å².